The van der Waals surface area contributed by atoms with Gasteiger partial charge in [0.15, 0.2) is 0 Å². The second-order valence-electron chi connectivity index (χ2n) is 7.18. The highest BCUT2D eigenvalue weighted by Crippen LogP contribution is 2.20. The minimum absolute atomic E-state index is 0.162. The Kier molecular flexibility index (Phi) is 5.46. The fourth-order valence-corrected chi connectivity index (χ4v) is 2.81. The zero-order valence-corrected chi connectivity index (χ0v) is 14.1. The number of piperidine rings is 1. The van der Waals surface area contributed by atoms with Crippen molar-refractivity contribution in [3.05, 3.63) is 35.9 Å². The van der Waals surface area contributed by atoms with Crippen molar-refractivity contribution >= 4 is 6.09 Å². The average molecular weight is 304 g/mol. The first kappa shape index (κ1) is 16.8. The van der Waals surface area contributed by atoms with Crippen molar-refractivity contribution in [3.8, 4) is 0 Å². The molecule has 1 aliphatic rings. The largest absolute Gasteiger partial charge is 0.444 e. The highest BCUT2D eigenvalue weighted by Gasteiger charge is 2.27. The molecule has 0 bridgehead atoms. The van der Waals surface area contributed by atoms with Gasteiger partial charge in [-0.1, -0.05) is 30.3 Å². The molecular formula is C18H28N2O2. The van der Waals surface area contributed by atoms with E-state index in [1.54, 1.807) is 0 Å². The Hall–Kier alpha value is -1.55. The van der Waals surface area contributed by atoms with E-state index in [0.717, 1.165) is 25.9 Å². The van der Waals surface area contributed by atoms with E-state index in [-0.39, 0.29) is 12.1 Å². The van der Waals surface area contributed by atoms with E-state index in [1.165, 1.54) is 5.56 Å². The van der Waals surface area contributed by atoms with Crippen LogP contribution in [0.5, 0.6) is 0 Å². The minimum atomic E-state index is -0.449. The zero-order valence-electron chi connectivity index (χ0n) is 14.1. The third kappa shape index (κ3) is 5.34. The highest BCUT2D eigenvalue weighted by molar-refractivity contribution is 5.68. The van der Waals surface area contributed by atoms with Crippen LogP contribution in [0.25, 0.3) is 0 Å². The van der Waals surface area contributed by atoms with E-state index >= 15 is 0 Å². The van der Waals surface area contributed by atoms with Gasteiger partial charge >= 0.3 is 6.09 Å². The number of likely N-dealkylation sites (tertiary alicyclic amines) is 1. The van der Waals surface area contributed by atoms with Crippen molar-refractivity contribution < 1.29 is 9.53 Å². The molecule has 1 aliphatic heterocycles. The number of rotatable bonds is 3. The quantitative estimate of drug-likeness (QED) is 0.928. The van der Waals surface area contributed by atoms with Crippen molar-refractivity contribution in [3.63, 3.8) is 0 Å². The number of carbonyl (C=O) groups is 1. The number of benzene rings is 1. The van der Waals surface area contributed by atoms with Crippen LogP contribution in [0.15, 0.2) is 30.3 Å². The lowest BCUT2D eigenvalue weighted by Crippen LogP contribution is -2.51. The predicted octanol–water partition coefficient (Wildman–Crippen LogP) is 3.56. The van der Waals surface area contributed by atoms with Crippen molar-refractivity contribution in [1.82, 2.24) is 10.2 Å². The topological polar surface area (TPSA) is 41.6 Å². The summed E-state index contributed by atoms with van der Waals surface area (Å²) in [5, 5.41) is 3.01. The van der Waals surface area contributed by atoms with Crippen LogP contribution in [-0.4, -0.2) is 35.2 Å². The molecule has 4 nitrogen and oxygen atoms in total. The van der Waals surface area contributed by atoms with Crippen LogP contribution < -0.4 is 5.32 Å². The van der Waals surface area contributed by atoms with Crippen LogP contribution in [0.1, 0.15) is 46.1 Å². The molecule has 1 saturated heterocycles. The predicted molar refractivity (Wildman–Crippen MR) is 88.7 cm³/mol. The molecule has 2 atom stereocenters. The van der Waals surface area contributed by atoms with Gasteiger partial charge in [0.05, 0.1) is 0 Å². The standard InChI is InChI=1S/C18H28N2O2/c1-14-10-11-16(19-17(21)22-18(2,3)4)13-20(14)12-15-8-6-5-7-9-15/h5-9,14,16H,10-13H2,1-4H3,(H,19,21)/t14-,16-/m1/s1. The maximum absolute atomic E-state index is 11.9. The monoisotopic (exact) mass is 304 g/mol. The summed E-state index contributed by atoms with van der Waals surface area (Å²) < 4.78 is 5.35. The Morgan fingerprint density at radius 2 is 1.95 bits per heavy atom. The van der Waals surface area contributed by atoms with Crippen LogP contribution in [0, 0.1) is 0 Å². The summed E-state index contributed by atoms with van der Waals surface area (Å²) in [6.45, 7) is 9.71. The molecule has 1 heterocycles. The molecule has 0 radical (unpaired) electrons. The lowest BCUT2D eigenvalue weighted by molar-refractivity contribution is 0.0443. The normalized spacial score (nSPS) is 23.1. The molecule has 1 aromatic rings. The lowest BCUT2D eigenvalue weighted by Gasteiger charge is -2.38. The van der Waals surface area contributed by atoms with E-state index < -0.39 is 5.60 Å². The highest BCUT2D eigenvalue weighted by atomic mass is 16.6. The van der Waals surface area contributed by atoms with Crippen LogP contribution in [-0.2, 0) is 11.3 Å². The molecule has 1 aromatic carbocycles. The first-order valence-corrected chi connectivity index (χ1v) is 8.11. The molecule has 1 amide bonds. The molecule has 0 aliphatic carbocycles. The van der Waals surface area contributed by atoms with E-state index in [0.29, 0.717) is 6.04 Å². The number of carbonyl (C=O) groups excluding carboxylic acids is 1. The molecule has 22 heavy (non-hydrogen) atoms. The van der Waals surface area contributed by atoms with Gasteiger partial charge < -0.3 is 10.1 Å². The first-order valence-electron chi connectivity index (χ1n) is 8.11. The number of nitrogens with one attached hydrogen (secondary N) is 1. The summed E-state index contributed by atoms with van der Waals surface area (Å²) in [7, 11) is 0. The molecule has 1 fully saturated rings. The van der Waals surface area contributed by atoms with Crippen LogP contribution in [0.2, 0.25) is 0 Å². The fourth-order valence-electron chi connectivity index (χ4n) is 2.81. The molecule has 2 rings (SSSR count). The Morgan fingerprint density at radius 1 is 1.27 bits per heavy atom. The SMILES string of the molecule is C[C@@H]1CC[C@@H](NC(=O)OC(C)(C)C)CN1Cc1ccccc1. The number of nitrogens with zero attached hydrogens (tertiary/aromatic N) is 1. The summed E-state index contributed by atoms with van der Waals surface area (Å²) in [5.74, 6) is 0. The van der Waals surface area contributed by atoms with Gasteiger partial charge in [0.2, 0.25) is 0 Å². The Balaban J connectivity index is 1.89. The lowest BCUT2D eigenvalue weighted by atomic mass is 9.98. The maximum atomic E-state index is 11.9. The van der Waals surface area contributed by atoms with Gasteiger partial charge in [-0.3, -0.25) is 4.90 Å². The first-order chi connectivity index (χ1) is 10.3. The van der Waals surface area contributed by atoms with E-state index in [9.17, 15) is 4.79 Å². The van der Waals surface area contributed by atoms with Crippen LogP contribution in [0.3, 0.4) is 0 Å². The summed E-state index contributed by atoms with van der Waals surface area (Å²) in [5.41, 5.74) is 0.864. The summed E-state index contributed by atoms with van der Waals surface area (Å²) in [4.78, 5) is 14.4. The van der Waals surface area contributed by atoms with Crippen molar-refractivity contribution in [1.29, 1.82) is 0 Å². The average Bonchev–Trinajstić information content (AvgIpc) is 2.41. The molecule has 0 saturated carbocycles. The third-order valence-electron chi connectivity index (χ3n) is 3.96. The summed E-state index contributed by atoms with van der Waals surface area (Å²) in [6.07, 6.45) is 1.78. The molecule has 0 aromatic heterocycles. The van der Waals surface area contributed by atoms with Crippen molar-refractivity contribution in [2.45, 2.75) is 64.8 Å². The Bertz CT molecular complexity index is 482. The molecule has 0 spiro atoms. The molecule has 0 unspecified atom stereocenters. The van der Waals surface area contributed by atoms with Gasteiger partial charge in [0, 0.05) is 25.2 Å². The second-order valence-corrected chi connectivity index (χ2v) is 7.18. The number of ether oxygens (including phenoxy) is 1. The van der Waals surface area contributed by atoms with Crippen molar-refractivity contribution in [2.75, 3.05) is 6.54 Å². The summed E-state index contributed by atoms with van der Waals surface area (Å²) in [6, 6.07) is 11.2. The summed E-state index contributed by atoms with van der Waals surface area (Å²) >= 11 is 0. The number of hydrogen-bond acceptors (Lipinski definition) is 3. The number of amides is 1. The zero-order chi connectivity index (χ0) is 16.2. The van der Waals surface area contributed by atoms with E-state index in [2.05, 4.69) is 41.4 Å². The van der Waals surface area contributed by atoms with Gasteiger partial charge in [-0.2, -0.15) is 0 Å². The van der Waals surface area contributed by atoms with Gasteiger partial charge in [-0.15, -0.1) is 0 Å². The second kappa shape index (κ2) is 7.14. The number of hydrogen-bond donors (Lipinski definition) is 1. The smallest absolute Gasteiger partial charge is 0.407 e. The minimum Gasteiger partial charge on any atom is -0.444 e. The third-order valence-corrected chi connectivity index (χ3v) is 3.96. The van der Waals surface area contributed by atoms with Gasteiger partial charge in [0.1, 0.15) is 5.60 Å². The fraction of sp³-hybridized carbons (Fsp3) is 0.611. The van der Waals surface area contributed by atoms with Crippen molar-refractivity contribution in [2.24, 2.45) is 0 Å². The van der Waals surface area contributed by atoms with Crippen LogP contribution in [0.4, 0.5) is 4.79 Å². The van der Waals surface area contributed by atoms with Crippen LogP contribution >= 0.6 is 0 Å². The van der Waals surface area contributed by atoms with E-state index in [1.807, 2.05) is 26.8 Å². The van der Waals surface area contributed by atoms with Gasteiger partial charge in [-0.25, -0.2) is 4.79 Å². The Labute approximate surface area is 133 Å². The van der Waals surface area contributed by atoms with E-state index in [4.69, 9.17) is 4.74 Å². The Morgan fingerprint density at radius 3 is 2.59 bits per heavy atom. The maximum Gasteiger partial charge on any atom is 0.407 e. The molecular weight excluding hydrogens is 276 g/mol. The van der Waals surface area contributed by atoms with Gasteiger partial charge in [-0.05, 0) is 46.1 Å². The van der Waals surface area contributed by atoms with Gasteiger partial charge in [0.25, 0.3) is 0 Å². The molecule has 1 N–H and O–H groups in total. The molecule has 4 heteroatoms. The number of alkyl carbamates (subject to hydrolysis) is 1. The molecule has 122 valence electrons.